The average molecular weight is 453 g/mol. The number of ether oxygens (including phenoxy) is 1. The second-order valence-electron chi connectivity index (χ2n) is 6.07. The number of carbonyl (C=O) groups is 2. The van der Waals surface area contributed by atoms with Gasteiger partial charge in [-0.25, -0.2) is 0 Å². The lowest BCUT2D eigenvalue weighted by Crippen LogP contribution is -2.24. The van der Waals surface area contributed by atoms with Gasteiger partial charge in [0.2, 0.25) is 11.8 Å². The Morgan fingerprint density at radius 2 is 2.04 bits per heavy atom. The van der Waals surface area contributed by atoms with Crippen LogP contribution in [0.5, 0.6) is 5.75 Å². The van der Waals surface area contributed by atoms with Crippen molar-refractivity contribution in [2.24, 2.45) is 0 Å². The maximum absolute atomic E-state index is 12.2. The van der Waals surface area contributed by atoms with Crippen LogP contribution in [0.4, 0.5) is 17.1 Å². The Labute approximate surface area is 171 Å². The molecule has 142 valence electrons. The van der Waals surface area contributed by atoms with Gasteiger partial charge in [0.05, 0.1) is 23.8 Å². The standard InChI is InChI=1S/C19H19BrClN3O3/c1-27-19-15(20)9-12(21)10-16(19)22-11-17(25)23-13-4-6-14(7-5-13)24-8-2-3-18(24)26/h4-7,9-10,22H,2-3,8,11H2,1H3,(H,23,25). The van der Waals surface area contributed by atoms with Gasteiger partial charge in [0.1, 0.15) is 0 Å². The monoisotopic (exact) mass is 451 g/mol. The molecule has 0 radical (unpaired) electrons. The van der Waals surface area contributed by atoms with E-state index in [0.717, 1.165) is 18.7 Å². The first-order chi connectivity index (χ1) is 13.0. The zero-order valence-electron chi connectivity index (χ0n) is 14.7. The lowest BCUT2D eigenvalue weighted by Gasteiger charge is -2.16. The Kier molecular flexibility index (Phi) is 6.23. The molecular formula is C19H19BrClN3O3. The smallest absolute Gasteiger partial charge is 0.243 e. The molecule has 1 aliphatic rings. The van der Waals surface area contributed by atoms with Crippen molar-refractivity contribution >= 4 is 56.4 Å². The molecular weight excluding hydrogens is 434 g/mol. The summed E-state index contributed by atoms with van der Waals surface area (Å²) in [6.07, 6.45) is 1.47. The Morgan fingerprint density at radius 1 is 1.30 bits per heavy atom. The predicted octanol–water partition coefficient (Wildman–Crippen LogP) is 4.29. The number of hydrogen-bond donors (Lipinski definition) is 2. The molecule has 0 atom stereocenters. The quantitative estimate of drug-likeness (QED) is 0.686. The Hall–Kier alpha value is -2.25. The van der Waals surface area contributed by atoms with Crippen LogP contribution in [0.3, 0.4) is 0 Å². The van der Waals surface area contributed by atoms with Crippen LogP contribution in [0.2, 0.25) is 5.02 Å². The molecule has 0 unspecified atom stereocenters. The normalized spacial score (nSPS) is 13.6. The van der Waals surface area contributed by atoms with E-state index in [9.17, 15) is 9.59 Å². The number of benzene rings is 2. The Bertz CT molecular complexity index is 858. The number of carbonyl (C=O) groups excluding carboxylic acids is 2. The SMILES string of the molecule is COc1c(Br)cc(Cl)cc1NCC(=O)Nc1ccc(N2CCCC2=O)cc1. The molecule has 3 rings (SSSR count). The first-order valence-corrected chi connectivity index (χ1v) is 9.62. The van der Waals surface area contributed by atoms with Crippen LogP contribution >= 0.6 is 27.5 Å². The van der Waals surface area contributed by atoms with E-state index in [1.54, 1.807) is 36.3 Å². The first-order valence-electron chi connectivity index (χ1n) is 8.45. The van der Waals surface area contributed by atoms with Gasteiger partial charge in [-0.1, -0.05) is 11.6 Å². The molecule has 8 heteroatoms. The van der Waals surface area contributed by atoms with Gasteiger partial charge < -0.3 is 20.3 Å². The highest BCUT2D eigenvalue weighted by Gasteiger charge is 2.21. The van der Waals surface area contributed by atoms with Crippen molar-refractivity contribution in [3.05, 3.63) is 45.9 Å². The summed E-state index contributed by atoms with van der Waals surface area (Å²) in [5.74, 6) is 0.502. The maximum Gasteiger partial charge on any atom is 0.243 e. The molecule has 6 nitrogen and oxygen atoms in total. The van der Waals surface area contributed by atoms with Gasteiger partial charge >= 0.3 is 0 Å². The Morgan fingerprint density at radius 3 is 2.67 bits per heavy atom. The summed E-state index contributed by atoms with van der Waals surface area (Å²) in [5.41, 5.74) is 2.13. The summed E-state index contributed by atoms with van der Waals surface area (Å²) in [7, 11) is 1.55. The van der Waals surface area contributed by atoms with Crippen molar-refractivity contribution < 1.29 is 14.3 Å². The van der Waals surface area contributed by atoms with E-state index >= 15 is 0 Å². The molecule has 2 aromatic rings. The van der Waals surface area contributed by atoms with Crippen LogP contribution in [0, 0.1) is 0 Å². The van der Waals surface area contributed by atoms with Crippen LogP contribution in [0.15, 0.2) is 40.9 Å². The number of methoxy groups -OCH3 is 1. The van der Waals surface area contributed by atoms with Gasteiger partial charge in [0.15, 0.2) is 5.75 Å². The summed E-state index contributed by atoms with van der Waals surface area (Å²) in [4.78, 5) is 25.8. The highest BCUT2D eigenvalue weighted by Crippen LogP contribution is 2.36. The molecule has 1 heterocycles. The van der Waals surface area contributed by atoms with Gasteiger partial charge in [0.25, 0.3) is 0 Å². The lowest BCUT2D eigenvalue weighted by molar-refractivity contribution is -0.117. The second-order valence-corrected chi connectivity index (χ2v) is 7.36. The van der Waals surface area contributed by atoms with E-state index in [4.69, 9.17) is 16.3 Å². The molecule has 0 aromatic heterocycles. The largest absolute Gasteiger partial charge is 0.493 e. The maximum atomic E-state index is 12.2. The molecule has 0 aliphatic carbocycles. The van der Waals surface area contributed by atoms with E-state index in [-0.39, 0.29) is 18.4 Å². The van der Waals surface area contributed by atoms with Gasteiger partial charge in [-0.2, -0.15) is 0 Å². The van der Waals surface area contributed by atoms with E-state index < -0.39 is 0 Å². The van der Waals surface area contributed by atoms with Crippen molar-refractivity contribution in [2.45, 2.75) is 12.8 Å². The number of hydrogen-bond acceptors (Lipinski definition) is 4. The molecule has 0 spiro atoms. The van der Waals surface area contributed by atoms with Crippen molar-refractivity contribution in [1.29, 1.82) is 0 Å². The van der Waals surface area contributed by atoms with Crippen LogP contribution < -0.4 is 20.3 Å². The molecule has 2 N–H and O–H groups in total. The summed E-state index contributed by atoms with van der Waals surface area (Å²) < 4.78 is 6.02. The van der Waals surface area contributed by atoms with Crippen molar-refractivity contribution in [3.63, 3.8) is 0 Å². The fourth-order valence-corrected chi connectivity index (χ4v) is 3.90. The predicted molar refractivity (Wildman–Crippen MR) is 111 cm³/mol. The average Bonchev–Trinajstić information content (AvgIpc) is 3.06. The van der Waals surface area contributed by atoms with Crippen LogP contribution in [0.25, 0.3) is 0 Å². The number of nitrogens with one attached hydrogen (secondary N) is 2. The fraction of sp³-hybridized carbons (Fsp3) is 0.263. The highest BCUT2D eigenvalue weighted by atomic mass is 79.9. The number of halogens is 2. The molecule has 2 amide bonds. The number of nitrogens with zero attached hydrogens (tertiary/aromatic N) is 1. The minimum atomic E-state index is -0.210. The highest BCUT2D eigenvalue weighted by molar-refractivity contribution is 9.10. The van der Waals surface area contributed by atoms with Gasteiger partial charge in [0, 0.05) is 29.4 Å². The van der Waals surface area contributed by atoms with Gasteiger partial charge in [-0.3, -0.25) is 9.59 Å². The zero-order chi connectivity index (χ0) is 19.4. The van der Waals surface area contributed by atoms with E-state index in [2.05, 4.69) is 26.6 Å². The van der Waals surface area contributed by atoms with Crippen LogP contribution in [0.1, 0.15) is 12.8 Å². The minimum absolute atomic E-state index is 0.0511. The van der Waals surface area contributed by atoms with E-state index in [1.165, 1.54) is 0 Å². The summed E-state index contributed by atoms with van der Waals surface area (Å²) in [6.45, 7) is 0.793. The van der Waals surface area contributed by atoms with Crippen molar-refractivity contribution in [1.82, 2.24) is 0 Å². The molecule has 27 heavy (non-hydrogen) atoms. The molecule has 1 saturated heterocycles. The molecule has 2 aromatic carbocycles. The van der Waals surface area contributed by atoms with Gasteiger partial charge in [-0.05, 0) is 58.7 Å². The zero-order valence-corrected chi connectivity index (χ0v) is 17.1. The van der Waals surface area contributed by atoms with Crippen molar-refractivity contribution in [3.8, 4) is 5.75 Å². The van der Waals surface area contributed by atoms with Crippen molar-refractivity contribution in [2.75, 3.05) is 35.7 Å². The van der Waals surface area contributed by atoms with Gasteiger partial charge in [-0.15, -0.1) is 0 Å². The third-order valence-corrected chi connectivity index (χ3v) is 5.00. The summed E-state index contributed by atoms with van der Waals surface area (Å²) in [5, 5.41) is 6.37. The number of anilines is 3. The van der Waals surface area contributed by atoms with Crippen LogP contribution in [-0.4, -0.2) is 32.0 Å². The third kappa shape index (κ3) is 4.73. The molecule has 1 aliphatic heterocycles. The molecule has 0 saturated carbocycles. The lowest BCUT2D eigenvalue weighted by atomic mass is 10.2. The second kappa shape index (κ2) is 8.63. The van der Waals surface area contributed by atoms with E-state index in [0.29, 0.717) is 33.0 Å². The number of rotatable bonds is 6. The summed E-state index contributed by atoms with van der Waals surface area (Å²) >= 11 is 9.43. The Balaban J connectivity index is 1.59. The third-order valence-electron chi connectivity index (χ3n) is 4.19. The molecule has 0 bridgehead atoms. The van der Waals surface area contributed by atoms with E-state index in [1.807, 2.05) is 12.1 Å². The topological polar surface area (TPSA) is 70.7 Å². The molecule has 1 fully saturated rings. The first kappa shape index (κ1) is 19.5. The number of amides is 2. The van der Waals surface area contributed by atoms with Crippen LogP contribution in [-0.2, 0) is 9.59 Å². The fourth-order valence-electron chi connectivity index (χ4n) is 2.93. The minimum Gasteiger partial charge on any atom is -0.493 e. The summed E-state index contributed by atoms with van der Waals surface area (Å²) in [6, 6.07) is 10.7.